The van der Waals surface area contributed by atoms with Crippen LogP contribution in [0.25, 0.3) is 0 Å². The van der Waals surface area contributed by atoms with Crippen LogP contribution in [0.1, 0.15) is 24.3 Å². The maximum absolute atomic E-state index is 12.6. The van der Waals surface area contributed by atoms with Crippen molar-refractivity contribution in [3.8, 4) is 0 Å². The summed E-state index contributed by atoms with van der Waals surface area (Å²) in [5.74, 6) is -0.223. The molecule has 2 atom stereocenters. The van der Waals surface area contributed by atoms with Crippen molar-refractivity contribution in [3.63, 3.8) is 0 Å². The zero-order valence-corrected chi connectivity index (χ0v) is 12.2. The number of hydrogen-bond donors (Lipinski definition) is 1. The highest BCUT2D eigenvalue weighted by atomic mass is 16.6. The molecule has 116 valence electrons. The number of carbonyl (C=O) groups is 1. The molecular formula is C13H20N4O4. The molecule has 8 nitrogen and oxygen atoms in total. The Bertz CT molecular complexity index is 540. The molecule has 21 heavy (non-hydrogen) atoms. The van der Waals surface area contributed by atoms with E-state index in [2.05, 4.69) is 0 Å². The molecule has 0 spiro atoms. The third-order valence-corrected chi connectivity index (χ3v) is 3.62. The standard InChI is InChI=1S/C13H20N4O4/c1-3-15-7-10(17(19)20)6-11(15)13(18)16-4-5-21-12(8-16)9(2)14/h6-7,9,12H,3-5,8,14H2,1-2H3. The number of nitro groups is 1. The lowest BCUT2D eigenvalue weighted by molar-refractivity contribution is -0.384. The maximum Gasteiger partial charge on any atom is 0.287 e. The minimum atomic E-state index is -0.493. The Morgan fingerprint density at radius 1 is 1.67 bits per heavy atom. The summed E-state index contributed by atoms with van der Waals surface area (Å²) in [7, 11) is 0. The Hall–Kier alpha value is -1.93. The normalized spacial score (nSPS) is 20.3. The molecule has 1 aliphatic rings. The van der Waals surface area contributed by atoms with Crippen molar-refractivity contribution < 1.29 is 14.5 Å². The van der Waals surface area contributed by atoms with E-state index in [0.29, 0.717) is 31.9 Å². The van der Waals surface area contributed by atoms with Crippen LogP contribution in [0, 0.1) is 10.1 Å². The number of aryl methyl sites for hydroxylation is 1. The lowest BCUT2D eigenvalue weighted by Gasteiger charge is -2.34. The molecule has 0 aliphatic carbocycles. The number of carbonyl (C=O) groups excluding carboxylic acids is 1. The summed E-state index contributed by atoms with van der Waals surface area (Å²) in [6.45, 7) is 5.45. The van der Waals surface area contributed by atoms with Crippen molar-refractivity contribution >= 4 is 11.6 Å². The molecular weight excluding hydrogens is 276 g/mol. The van der Waals surface area contributed by atoms with E-state index in [9.17, 15) is 14.9 Å². The SMILES string of the molecule is CCn1cc([N+](=O)[O-])cc1C(=O)N1CCOC(C(C)N)C1. The van der Waals surface area contributed by atoms with Crippen LogP contribution in [0.15, 0.2) is 12.3 Å². The summed E-state index contributed by atoms with van der Waals surface area (Å²) < 4.78 is 7.12. The van der Waals surface area contributed by atoms with Gasteiger partial charge < -0.3 is 19.9 Å². The van der Waals surface area contributed by atoms with Crippen LogP contribution < -0.4 is 5.73 Å². The summed E-state index contributed by atoms with van der Waals surface area (Å²) in [5.41, 5.74) is 6.07. The summed E-state index contributed by atoms with van der Waals surface area (Å²) in [6, 6.07) is 1.15. The number of amides is 1. The van der Waals surface area contributed by atoms with Gasteiger partial charge in [0.15, 0.2) is 0 Å². The highest BCUT2D eigenvalue weighted by molar-refractivity contribution is 5.93. The average Bonchev–Trinajstić information content (AvgIpc) is 2.91. The van der Waals surface area contributed by atoms with Gasteiger partial charge in [0.05, 0.1) is 23.8 Å². The molecule has 0 bridgehead atoms. The third kappa shape index (κ3) is 3.22. The van der Waals surface area contributed by atoms with Gasteiger partial charge in [-0.25, -0.2) is 0 Å². The lowest BCUT2D eigenvalue weighted by Crippen LogP contribution is -2.51. The topological polar surface area (TPSA) is 104 Å². The number of aromatic nitrogens is 1. The molecule has 2 unspecified atom stereocenters. The van der Waals surface area contributed by atoms with Crippen molar-refractivity contribution in [3.05, 3.63) is 28.1 Å². The van der Waals surface area contributed by atoms with Gasteiger partial charge in [-0.1, -0.05) is 0 Å². The largest absolute Gasteiger partial charge is 0.373 e. The monoisotopic (exact) mass is 296 g/mol. The van der Waals surface area contributed by atoms with Gasteiger partial charge in [0.2, 0.25) is 0 Å². The quantitative estimate of drug-likeness (QED) is 0.647. The molecule has 2 heterocycles. The van der Waals surface area contributed by atoms with Crippen LogP contribution in [-0.2, 0) is 11.3 Å². The Morgan fingerprint density at radius 2 is 2.38 bits per heavy atom. The average molecular weight is 296 g/mol. The first kappa shape index (κ1) is 15.5. The zero-order chi connectivity index (χ0) is 15.6. The molecule has 1 amide bonds. The third-order valence-electron chi connectivity index (χ3n) is 3.62. The second kappa shape index (κ2) is 6.23. The van der Waals surface area contributed by atoms with Crippen LogP contribution in [0.2, 0.25) is 0 Å². The molecule has 2 rings (SSSR count). The van der Waals surface area contributed by atoms with E-state index >= 15 is 0 Å². The molecule has 0 aromatic carbocycles. The maximum atomic E-state index is 12.6. The van der Waals surface area contributed by atoms with Crippen molar-refractivity contribution in [1.82, 2.24) is 9.47 Å². The smallest absolute Gasteiger partial charge is 0.287 e. The van der Waals surface area contributed by atoms with E-state index in [0.717, 1.165) is 0 Å². The van der Waals surface area contributed by atoms with Crippen LogP contribution in [0.3, 0.4) is 0 Å². The molecule has 1 aromatic rings. The highest BCUT2D eigenvalue weighted by Crippen LogP contribution is 2.19. The Labute approximate surface area is 122 Å². The minimum Gasteiger partial charge on any atom is -0.373 e. The van der Waals surface area contributed by atoms with Gasteiger partial charge in [-0.05, 0) is 13.8 Å². The fourth-order valence-electron chi connectivity index (χ4n) is 2.38. The summed E-state index contributed by atoms with van der Waals surface area (Å²) in [6.07, 6.45) is 1.18. The fraction of sp³-hybridized carbons (Fsp3) is 0.615. The minimum absolute atomic E-state index is 0.0720. The molecule has 2 N–H and O–H groups in total. The second-order valence-corrected chi connectivity index (χ2v) is 5.15. The Kier molecular flexibility index (Phi) is 4.59. The van der Waals surface area contributed by atoms with E-state index in [-0.39, 0.29) is 23.7 Å². The molecule has 1 saturated heterocycles. The lowest BCUT2D eigenvalue weighted by atomic mass is 10.1. The molecule has 8 heteroatoms. The Morgan fingerprint density at radius 3 is 2.95 bits per heavy atom. The molecule has 1 aliphatic heterocycles. The fourth-order valence-corrected chi connectivity index (χ4v) is 2.38. The zero-order valence-electron chi connectivity index (χ0n) is 12.2. The van der Waals surface area contributed by atoms with Crippen molar-refractivity contribution in [2.24, 2.45) is 5.73 Å². The van der Waals surface area contributed by atoms with E-state index in [4.69, 9.17) is 10.5 Å². The summed E-state index contributed by atoms with van der Waals surface area (Å²) >= 11 is 0. The van der Waals surface area contributed by atoms with Gasteiger partial charge in [0.25, 0.3) is 11.6 Å². The van der Waals surface area contributed by atoms with E-state index in [1.165, 1.54) is 12.3 Å². The number of nitrogens with two attached hydrogens (primary N) is 1. The first-order chi connectivity index (χ1) is 9.93. The van der Waals surface area contributed by atoms with E-state index in [1.54, 1.807) is 9.47 Å². The van der Waals surface area contributed by atoms with Crippen molar-refractivity contribution in [2.45, 2.75) is 32.5 Å². The van der Waals surface area contributed by atoms with E-state index < -0.39 is 4.92 Å². The molecule has 0 radical (unpaired) electrons. The highest BCUT2D eigenvalue weighted by Gasteiger charge is 2.29. The van der Waals surface area contributed by atoms with Gasteiger partial charge in [0.1, 0.15) is 5.69 Å². The van der Waals surface area contributed by atoms with Gasteiger partial charge in [-0.3, -0.25) is 14.9 Å². The number of morpholine rings is 1. The number of hydrogen-bond acceptors (Lipinski definition) is 5. The number of ether oxygens (including phenoxy) is 1. The summed E-state index contributed by atoms with van der Waals surface area (Å²) in [4.78, 5) is 24.6. The van der Waals surface area contributed by atoms with Crippen LogP contribution >= 0.6 is 0 Å². The van der Waals surface area contributed by atoms with Gasteiger partial charge in [-0.15, -0.1) is 0 Å². The molecule has 0 saturated carbocycles. The van der Waals surface area contributed by atoms with Gasteiger partial charge in [-0.2, -0.15) is 0 Å². The first-order valence-corrected chi connectivity index (χ1v) is 6.95. The summed E-state index contributed by atoms with van der Waals surface area (Å²) in [5, 5.41) is 10.9. The number of nitrogens with zero attached hydrogens (tertiary/aromatic N) is 3. The molecule has 1 fully saturated rings. The van der Waals surface area contributed by atoms with E-state index in [1.807, 2.05) is 13.8 Å². The predicted molar refractivity (Wildman–Crippen MR) is 76.1 cm³/mol. The first-order valence-electron chi connectivity index (χ1n) is 6.95. The molecule has 1 aromatic heterocycles. The van der Waals surface area contributed by atoms with Crippen LogP contribution in [0.5, 0.6) is 0 Å². The van der Waals surface area contributed by atoms with Crippen LogP contribution in [0.4, 0.5) is 5.69 Å². The Balaban J connectivity index is 2.21. The predicted octanol–water partition coefficient (Wildman–Crippen LogP) is 0.604. The second-order valence-electron chi connectivity index (χ2n) is 5.15. The van der Waals surface area contributed by atoms with Crippen molar-refractivity contribution in [1.29, 1.82) is 0 Å². The van der Waals surface area contributed by atoms with Gasteiger partial charge >= 0.3 is 0 Å². The van der Waals surface area contributed by atoms with Crippen LogP contribution in [-0.4, -0.2) is 52.1 Å². The van der Waals surface area contributed by atoms with Crippen molar-refractivity contribution in [2.75, 3.05) is 19.7 Å². The van der Waals surface area contributed by atoms with Gasteiger partial charge in [0, 0.05) is 31.7 Å². The number of rotatable bonds is 4.